The van der Waals surface area contributed by atoms with E-state index in [1.807, 2.05) is 61.5 Å². The molecule has 1 aromatic heterocycles. The Labute approximate surface area is 185 Å². The molecule has 8 heteroatoms. The van der Waals surface area contributed by atoms with Gasteiger partial charge in [0.25, 0.3) is 5.91 Å². The molecule has 4 rings (SSSR count). The quantitative estimate of drug-likeness (QED) is 0.472. The van der Waals surface area contributed by atoms with Crippen LogP contribution in [0.1, 0.15) is 21.5 Å². The summed E-state index contributed by atoms with van der Waals surface area (Å²) in [5.41, 5.74) is 3.74. The van der Waals surface area contributed by atoms with Crippen molar-refractivity contribution in [2.45, 2.75) is 20.0 Å². The number of nitrogens with zero attached hydrogens (tertiary/aromatic N) is 4. The van der Waals surface area contributed by atoms with E-state index in [1.165, 1.54) is 4.80 Å². The first-order valence-electron chi connectivity index (χ1n) is 10.1. The maximum atomic E-state index is 12.7. The van der Waals surface area contributed by atoms with Crippen LogP contribution < -0.4 is 10.6 Å². The lowest BCUT2D eigenvalue weighted by Gasteiger charge is -2.11. The Morgan fingerprint density at radius 1 is 0.906 bits per heavy atom. The number of aromatic nitrogens is 4. The normalized spacial score (nSPS) is 10.5. The molecule has 0 spiro atoms. The summed E-state index contributed by atoms with van der Waals surface area (Å²) in [5.74, 6) is -0.190. The van der Waals surface area contributed by atoms with E-state index in [2.05, 4.69) is 26.0 Å². The second-order valence-electron chi connectivity index (χ2n) is 7.27. The van der Waals surface area contributed by atoms with Gasteiger partial charge in [-0.25, -0.2) is 0 Å². The Morgan fingerprint density at radius 3 is 2.41 bits per heavy atom. The summed E-state index contributed by atoms with van der Waals surface area (Å²) >= 11 is 0. The van der Waals surface area contributed by atoms with Crippen molar-refractivity contribution in [3.8, 4) is 11.4 Å². The average molecular weight is 426 g/mol. The van der Waals surface area contributed by atoms with Crippen molar-refractivity contribution < 1.29 is 9.59 Å². The zero-order chi connectivity index (χ0) is 22.3. The summed E-state index contributed by atoms with van der Waals surface area (Å²) in [5, 5.41) is 17.9. The van der Waals surface area contributed by atoms with E-state index in [9.17, 15) is 9.59 Å². The van der Waals surface area contributed by atoms with Crippen molar-refractivity contribution in [1.29, 1.82) is 0 Å². The summed E-state index contributed by atoms with van der Waals surface area (Å²) in [4.78, 5) is 26.4. The molecule has 0 aliphatic heterocycles. The number of aryl methyl sites for hydroxylation is 1. The molecular formula is C24H22N6O2. The minimum Gasteiger partial charge on any atom is -0.348 e. The average Bonchev–Trinajstić information content (AvgIpc) is 3.27. The molecule has 1 heterocycles. The van der Waals surface area contributed by atoms with Gasteiger partial charge in [0, 0.05) is 12.1 Å². The van der Waals surface area contributed by atoms with Crippen LogP contribution in [0.4, 0.5) is 5.69 Å². The molecular weight excluding hydrogens is 404 g/mol. The molecule has 0 unspecified atom stereocenters. The molecule has 0 radical (unpaired) electrons. The number of tetrazole rings is 1. The van der Waals surface area contributed by atoms with Gasteiger partial charge in [-0.3, -0.25) is 9.59 Å². The van der Waals surface area contributed by atoms with Crippen LogP contribution in [-0.2, 0) is 17.9 Å². The van der Waals surface area contributed by atoms with Crippen molar-refractivity contribution in [3.63, 3.8) is 0 Å². The molecule has 0 aliphatic rings. The molecule has 0 saturated heterocycles. The van der Waals surface area contributed by atoms with E-state index < -0.39 is 0 Å². The molecule has 3 aromatic carbocycles. The van der Waals surface area contributed by atoms with Gasteiger partial charge in [0.05, 0.1) is 11.3 Å². The maximum Gasteiger partial charge on any atom is 0.253 e. The van der Waals surface area contributed by atoms with Crippen LogP contribution >= 0.6 is 0 Å². The van der Waals surface area contributed by atoms with Crippen molar-refractivity contribution in [2.24, 2.45) is 0 Å². The molecule has 2 amide bonds. The van der Waals surface area contributed by atoms with E-state index in [0.717, 1.165) is 16.7 Å². The third kappa shape index (κ3) is 5.23. The van der Waals surface area contributed by atoms with Gasteiger partial charge in [-0.15, -0.1) is 10.2 Å². The van der Waals surface area contributed by atoms with E-state index in [4.69, 9.17) is 0 Å². The summed E-state index contributed by atoms with van der Waals surface area (Å²) in [6.07, 6.45) is 0. The first-order valence-corrected chi connectivity index (χ1v) is 10.1. The standard InChI is InChI=1S/C24H22N6O2/c1-17-11-13-19(14-12-17)23-27-29-30(28-23)16-22(31)26-21-10-6-5-9-20(21)24(32)25-15-18-7-3-2-4-8-18/h2-14H,15-16H2,1H3,(H,25,32)(H,26,31). The Bertz CT molecular complexity index is 1220. The lowest BCUT2D eigenvalue weighted by atomic mass is 10.1. The fourth-order valence-electron chi connectivity index (χ4n) is 3.11. The highest BCUT2D eigenvalue weighted by atomic mass is 16.2. The molecule has 0 bridgehead atoms. The van der Waals surface area contributed by atoms with E-state index >= 15 is 0 Å². The first kappa shape index (κ1) is 20.9. The van der Waals surface area contributed by atoms with Gasteiger partial charge in [-0.05, 0) is 29.8 Å². The van der Waals surface area contributed by atoms with Gasteiger partial charge in [-0.1, -0.05) is 72.3 Å². The van der Waals surface area contributed by atoms with Crippen LogP contribution in [0.25, 0.3) is 11.4 Å². The van der Waals surface area contributed by atoms with Crippen LogP contribution in [0.15, 0.2) is 78.9 Å². The largest absolute Gasteiger partial charge is 0.348 e. The molecule has 160 valence electrons. The van der Waals surface area contributed by atoms with Gasteiger partial charge in [0.2, 0.25) is 11.7 Å². The fraction of sp³-hybridized carbons (Fsp3) is 0.125. The number of nitrogens with one attached hydrogen (secondary N) is 2. The second-order valence-corrected chi connectivity index (χ2v) is 7.27. The van der Waals surface area contributed by atoms with Crippen LogP contribution in [0, 0.1) is 6.92 Å². The first-order chi connectivity index (χ1) is 15.6. The molecule has 0 fully saturated rings. The number of carbonyl (C=O) groups excluding carboxylic acids is 2. The number of hydrogen-bond donors (Lipinski definition) is 2. The van der Waals surface area contributed by atoms with Crippen molar-refractivity contribution in [1.82, 2.24) is 25.5 Å². The summed E-state index contributed by atoms with van der Waals surface area (Å²) in [7, 11) is 0. The smallest absolute Gasteiger partial charge is 0.253 e. The van der Waals surface area contributed by atoms with Crippen LogP contribution in [0.5, 0.6) is 0 Å². The number of para-hydroxylation sites is 1. The van der Waals surface area contributed by atoms with E-state index in [0.29, 0.717) is 23.6 Å². The van der Waals surface area contributed by atoms with Gasteiger partial charge >= 0.3 is 0 Å². The molecule has 0 atom stereocenters. The number of hydrogen-bond acceptors (Lipinski definition) is 5. The fourth-order valence-corrected chi connectivity index (χ4v) is 3.11. The van der Waals surface area contributed by atoms with Gasteiger partial charge in [0.1, 0.15) is 6.54 Å². The number of rotatable bonds is 7. The highest BCUT2D eigenvalue weighted by molar-refractivity contribution is 6.03. The third-order valence-corrected chi connectivity index (χ3v) is 4.79. The Balaban J connectivity index is 1.39. The van der Waals surface area contributed by atoms with Crippen LogP contribution in [0.3, 0.4) is 0 Å². The van der Waals surface area contributed by atoms with E-state index in [-0.39, 0.29) is 18.4 Å². The minimum atomic E-state index is -0.360. The van der Waals surface area contributed by atoms with Gasteiger partial charge < -0.3 is 10.6 Å². The van der Waals surface area contributed by atoms with Crippen molar-refractivity contribution in [3.05, 3.63) is 95.6 Å². The molecule has 0 saturated carbocycles. The van der Waals surface area contributed by atoms with E-state index in [1.54, 1.807) is 24.3 Å². The van der Waals surface area contributed by atoms with Gasteiger partial charge in [0.15, 0.2) is 0 Å². The zero-order valence-electron chi connectivity index (χ0n) is 17.5. The lowest BCUT2D eigenvalue weighted by Crippen LogP contribution is -2.26. The minimum absolute atomic E-state index is 0.126. The van der Waals surface area contributed by atoms with Crippen molar-refractivity contribution >= 4 is 17.5 Å². The predicted octanol–water partition coefficient (Wildman–Crippen LogP) is 3.22. The SMILES string of the molecule is Cc1ccc(-c2nnn(CC(=O)Nc3ccccc3C(=O)NCc3ccccc3)n2)cc1. The van der Waals surface area contributed by atoms with Gasteiger partial charge in [-0.2, -0.15) is 4.80 Å². The molecule has 0 aliphatic carbocycles. The second kappa shape index (κ2) is 9.65. The number of benzene rings is 3. The molecule has 4 aromatic rings. The number of carbonyl (C=O) groups is 2. The van der Waals surface area contributed by atoms with Crippen molar-refractivity contribution in [2.75, 3.05) is 5.32 Å². The predicted molar refractivity (Wildman–Crippen MR) is 121 cm³/mol. The Hall–Kier alpha value is -4.33. The Kier molecular flexibility index (Phi) is 6.31. The Morgan fingerprint density at radius 2 is 1.62 bits per heavy atom. The zero-order valence-corrected chi connectivity index (χ0v) is 17.5. The maximum absolute atomic E-state index is 12.7. The monoisotopic (exact) mass is 426 g/mol. The molecule has 2 N–H and O–H groups in total. The highest BCUT2D eigenvalue weighted by Gasteiger charge is 2.14. The van der Waals surface area contributed by atoms with Crippen LogP contribution in [0.2, 0.25) is 0 Å². The summed E-state index contributed by atoms with van der Waals surface area (Å²) in [6.45, 7) is 2.27. The topological polar surface area (TPSA) is 102 Å². The molecule has 32 heavy (non-hydrogen) atoms. The number of amides is 2. The third-order valence-electron chi connectivity index (χ3n) is 4.79. The van der Waals surface area contributed by atoms with Crippen LogP contribution in [-0.4, -0.2) is 32.0 Å². The lowest BCUT2D eigenvalue weighted by molar-refractivity contribution is -0.117. The summed E-state index contributed by atoms with van der Waals surface area (Å²) in [6, 6.07) is 24.2. The number of anilines is 1. The summed E-state index contributed by atoms with van der Waals surface area (Å²) < 4.78 is 0. The highest BCUT2D eigenvalue weighted by Crippen LogP contribution is 2.16. The molecule has 8 nitrogen and oxygen atoms in total.